The van der Waals surface area contributed by atoms with Crippen molar-refractivity contribution in [3.05, 3.63) is 33.9 Å². The number of anilines is 1. The Kier molecular flexibility index (Phi) is 7.11. The van der Waals surface area contributed by atoms with Gasteiger partial charge in [-0.3, -0.25) is 10.1 Å². The van der Waals surface area contributed by atoms with Gasteiger partial charge in [-0.15, -0.1) is 0 Å². The van der Waals surface area contributed by atoms with Gasteiger partial charge in [-0.25, -0.2) is 0 Å². The van der Waals surface area contributed by atoms with Crippen LogP contribution in [0.3, 0.4) is 0 Å². The summed E-state index contributed by atoms with van der Waals surface area (Å²) in [5, 5.41) is 27.0. The molecular weight excluding hydrogens is 270 g/mol. The van der Waals surface area contributed by atoms with Crippen molar-refractivity contribution in [2.24, 2.45) is 5.92 Å². The highest BCUT2D eigenvalue weighted by molar-refractivity contribution is 5.62. The lowest BCUT2D eigenvalue weighted by Crippen LogP contribution is -2.32. The van der Waals surface area contributed by atoms with E-state index in [-0.39, 0.29) is 11.8 Å². The van der Waals surface area contributed by atoms with Gasteiger partial charge in [0.2, 0.25) is 0 Å². The predicted octanol–water partition coefficient (Wildman–Crippen LogP) is 2.52. The maximum absolute atomic E-state index is 11.0. The molecule has 0 aliphatic carbocycles. The summed E-state index contributed by atoms with van der Waals surface area (Å²) in [5.74, 6) is 0.290. The Labute approximate surface area is 125 Å². The normalized spacial score (nSPS) is 12.4. The molecule has 0 saturated heterocycles. The molecule has 0 saturated carbocycles. The van der Waals surface area contributed by atoms with E-state index in [1.807, 2.05) is 6.07 Å². The highest BCUT2D eigenvalue weighted by Crippen LogP contribution is 2.24. The van der Waals surface area contributed by atoms with Gasteiger partial charge >= 0.3 is 0 Å². The molecule has 0 aromatic heterocycles. The number of benzene rings is 1. The highest BCUT2D eigenvalue weighted by atomic mass is 16.6. The van der Waals surface area contributed by atoms with Crippen LogP contribution in [-0.4, -0.2) is 29.7 Å². The molecule has 1 atom stereocenters. The first-order valence-corrected chi connectivity index (χ1v) is 7.37. The van der Waals surface area contributed by atoms with Gasteiger partial charge in [0.05, 0.1) is 11.0 Å². The fourth-order valence-corrected chi connectivity index (χ4v) is 2.41. The van der Waals surface area contributed by atoms with Crippen molar-refractivity contribution < 1.29 is 10.0 Å². The third kappa shape index (κ3) is 4.99. The van der Waals surface area contributed by atoms with Crippen LogP contribution < -0.4 is 10.6 Å². The summed E-state index contributed by atoms with van der Waals surface area (Å²) in [6.45, 7) is 5.13. The van der Waals surface area contributed by atoms with Crippen LogP contribution in [-0.2, 0) is 6.54 Å². The Hall–Kier alpha value is -1.66. The molecule has 118 valence electrons. The second-order valence-electron chi connectivity index (χ2n) is 5.13. The zero-order valence-electron chi connectivity index (χ0n) is 12.9. The number of aliphatic hydroxyl groups excluding tert-OH is 1. The van der Waals surface area contributed by atoms with E-state index in [1.165, 1.54) is 0 Å². The average molecular weight is 295 g/mol. The maximum Gasteiger partial charge on any atom is 0.292 e. The summed E-state index contributed by atoms with van der Waals surface area (Å²) in [6.07, 6.45) is 1.51. The Balaban J connectivity index is 2.60. The average Bonchev–Trinajstić information content (AvgIpc) is 2.48. The van der Waals surface area contributed by atoms with E-state index in [4.69, 9.17) is 0 Å². The van der Waals surface area contributed by atoms with Crippen molar-refractivity contribution >= 4 is 11.4 Å². The third-order valence-electron chi connectivity index (χ3n) is 3.80. The number of aliphatic hydroxyl groups is 1. The van der Waals surface area contributed by atoms with Crippen molar-refractivity contribution in [3.63, 3.8) is 0 Å². The van der Waals surface area contributed by atoms with E-state index < -0.39 is 4.92 Å². The molecule has 0 bridgehead atoms. The largest absolute Gasteiger partial charge is 0.392 e. The minimum Gasteiger partial charge on any atom is -0.392 e. The van der Waals surface area contributed by atoms with Gasteiger partial charge in [0.1, 0.15) is 5.69 Å². The molecule has 0 aliphatic heterocycles. The molecule has 0 fully saturated rings. The molecule has 1 aromatic carbocycles. The Morgan fingerprint density at radius 3 is 2.52 bits per heavy atom. The van der Waals surface area contributed by atoms with Gasteiger partial charge in [0.25, 0.3) is 5.69 Å². The van der Waals surface area contributed by atoms with Crippen LogP contribution in [0.15, 0.2) is 18.2 Å². The lowest BCUT2D eigenvalue weighted by Gasteiger charge is -2.20. The zero-order valence-corrected chi connectivity index (χ0v) is 12.9. The topological polar surface area (TPSA) is 87.4 Å². The molecule has 0 radical (unpaired) electrons. The van der Waals surface area contributed by atoms with E-state index >= 15 is 0 Å². The monoisotopic (exact) mass is 295 g/mol. The summed E-state index contributed by atoms with van der Waals surface area (Å²) in [7, 11) is 1.66. The van der Waals surface area contributed by atoms with E-state index in [2.05, 4.69) is 24.5 Å². The molecule has 1 unspecified atom stereocenters. The molecule has 6 heteroatoms. The number of rotatable bonds is 9. The van der Waals surface area contributed by atoms with Crippen LogP contribution in [0.1, 0.15) is 32.3 Å². The van der Waals surface area contributed by atoms with Crippen molar-refractivity contribution in [2.45, 2.75) is 39.3 Å². The van der Waals surface area contributed by atoms with Gasteiger partial charge < -0.3 is 15.7 Å². The molecule has 0 amide bonds. The maximum atomic E-state index is 11.0. The molecule has 0 heterocycles. The SMILES string of the molecule is CCC(CC)C(O)CNCc1ccc(NC)c([N+](=O)[O-])c1. The van der Waals surface area contributed by atoms with Gasteiger partial charge in [0.15, 0.2) is 0 Å². The predicted molar refractivity (Wildman–Crippen MR) is 84.4 cm³/mol. The summed E-state index contributed by atoms with van der Waals surface area (Å²) >= 11 is 0. The number of hydrogen-bond acceptors (Lipinski definition) is 5. The summed E-state index contributed by atoms with van der Waals surface area (Å²) in [6, 6.07) is 5.10. The van der Waals surface area contributed by atoms with Crippen LogP contribution >= 0.6 is 0 Å². The first-order valence-electron chi connectivity index (χ1n) is 7.37. The molecule has 21 heavy (non-hydrogen) atoms. The summed E-state index contributed by atoms with van der Waals surface area (Å²) in [5.41, 5.74) is 1.40. The number of nitrogens with zero attached hydrogens (tertiary/aromatic N) is 1. The lowest BCUT2D eigenvalue weighted by atomic mass is 9.96. The van der Waals surface area contributed by atoms with Crippen molar-refractivity contribution in [1.82, 2.24) is 5.32 Å². The first-order chi connectivity index (χ1) is 10.0. The van der Waals surface area contributed by atoms with E-state index in [9.17, 15) is 15.2 Å². The van der Waals surface area contributed by atoms with Gasteiger partial charge in [-0.1, -0.05) is 32.8 Å². The standard InChI is InChI=1S/C15H25N3O3/c1-4-12(5-2)15(19)10-17-9-11-6-7-13(16-3)14(8-11)18(20)21/h6-8,12,15-17,19H,4-5,9-10H2,1-3H3. The Morgan fingerprint density at radius 1 is 1.33 bits per heavy atom. The van der Waals surface area contributed by atoms with Crippen molar-refractivity contribution in [2.75, 3.05) is 18.9 Å². The van der Waals surface area contributed by atoms with Crippen LogP contribution in [0.2, 0.25) is 0 Å². The zero-order chi connectivity index (χ0) is 15.8. The Morgan fingerprint density at radius 2 is 2.00 bits per heavy atom. The second kappa shape index (κ2) is 8.59. The second-order valence-corrected chi connectivity index (χ2v) is 5.13. The fourth-order valence-electron chi connectivity index (χ4n) is 2.41. The smallest absolute Gasteiger partial charge is 0.292 e. The number of hydrogen-bond donors (Lipinski definition) is 3. The minimum atomic E-state index is -0.394. The number of nitro benzene ring substituents is 1. The molecule has 0 aliphatic rings. The third-order valence-corrected chi connectivity index (χ3v) is 3.80. The molecule has 0 spiro atoms. The highest BCUT2D eigenvalue weighted by Gasteiger charge is 2.16. The molecule has 6 nitrogen and oxygen atoms in total. The van der Waals surface area contributed by atoms with E-state index in [0.29, 0.717) is 24.7 Å². The molecule has 1 aromatic rings. The van der Waals surface area contributed by atoms with Crippen molar-refractivity contribution in [3.8, 4) is 0 Å². The summed E-state index contributed by atoms with van der Waals surface area (Å²) < 4.78 is 0. The fraction of sp³-hybridized carbons (Fsp3) is 0.600. The first kappa shape index (κ1) is 17.4. The van der Waals surface area contributed by atoms with Crippen LogP contribution in [0, 0.1) is 16.0 Å². The molecule has 1 rings (SSSR count). The van der Waals surface area contributed by atoms with Gasteiger partial charge in [-0.05, 0) is 17.5 Å². The van der Waals surface area contributed by atoms with Gasteiger partial charge in [0, 0.05) is 26.2 Å². The van der Waals surface area contributed by atoms with Crippen LogP contribution in [0.5, 0.6) is 0 Å². The quantitative estimate of drug-likeness (QED) is 0.481. The Bertz CT molecular complexity index is 461. The number of nitro groups is 1. The van der Waals surface area contributed by atoms with Crippen LogP contribution in [0.4, 0.5) is 11.4 Å². The minimum absolute atomic E-state index is 0.0670. The van der Waals surface area contributed by atoms with Gasteiger partial charge in [-0.2, -0.15) is 0 Å². The molecule has 3 N–H and O–H groups in total. The molecular formula is C15H25N3O3. The number of nitrogens with one attached hydrogen (secondary N) is 2. The van der Waals surface area contributed by atoms with E-state index in [0.717, 1.165) is 18.4 Å². The van der Waals surface area contributed by atoms with Crippen LogP contribution in [0.25, 0.3) is 0 Å². The van der Waals surface area contributed by atoms with Crippen molar-refractivity contribution in [1.29, 1.82) is 0 Å². The van der Waals surface area contributed by atoms with E-state index in [1.54, 1.807) is 19.2 Å². The summed E-state index contributed by atoms with van der Waals surface area (Å²) in [4.78, 5) is 10.6. The lowest BCUT2D eigenvalue weighted by molar-refractivity contribution is -0.384.